The van der Waals surface area contributed by atoms with E-state index in [1.165, 1.54) is 35.6 Å². The van der Waals surface area contributed by atoms with Crippen LogP contribution in [0.2, 0.25) is 5.02 Å². The number of fused-ring (bicyclic) bond motifs is 1. The highest BCUT2D eigenvalue weighted by Crippen LogP contribution is 2.34. The van der Waals surface area contributed by atoms with Gasteiger partial charge in [0.1, 0.15) is 23.6 Å². The standard InChI is InChI=1S/C31H33ClFNO6/c1-2-3-4-5-6-14-39-31(38)21-8-7-13-34(18-21)30(37)26(19-35)20-9-11-24-25(17-29(36)40-28(24)15-20)23-12-10-22(33)16-27(23)32/h9-12,15-17,19,21,26H,2-8,13-14,18H2,1H3/t21-,26-/m0/s1. The number of unbranched alkanes of at least 4 members (excludes halogenated alkanes) is 4. The molecule has 0 radical (unpaired) electrons. The van der Waals surface area contributed by atoms with E-state index in [2.05, 4.69) is 6.92 Å². The Labute approximate surface area is 237 Å². The second-order valence-corrected chi connectivity index (χ2v) is 10.6. The molecule has 2 heterocycles. The Hall–Kier alpha value is -3.52. The van der Waals surface area contributed by atoms with Crippen molar-refractivity contribution in [1.82, 2.24) is 4.90 Å². The van der Waals surface area contributed by atoms with Gasteiger partial charge in [-0.05, 0) is 49.1 Å². The largest absolute Gasteiger partial charge is 0.465 e. The van der Waals surface area contributed by atoms with Crippen LogP contribution >= 0.6 is 11.6 Å². The van der Waals surface area contributed by atoms with Crippen molar-refractivity contribution >= 4 is 40.7 Å². The number of carbonyl (C=O) groups excluding carboxylic acids is 3. The van der Waals surface area contributed by atoms with Crippen LogP contribution in [0.25, 0.3) is 22.1 Å². The van der Waals surface area contributed by atoms with Crippen LogP contribution in [0.4, 0.5) is 4.39 Å². The van der Waals surface area contributed by atoms with Gasteiger partial charge in [-0.1, -0.05) is 56.3 Å². The summed E-state index contributed by atoms with van der Waals surface area (Å²) in [6, 6.07) is 9.89. The normalized spacial score (nSPS) is 16.1. The van der Waals surface area contributed by atoms with Gasteiger partial charge in [0.25, 0.3) is 0 Å². The molecule has 0 unspecified atom stereocenters. The zero-order valence-corrected chi connectivity index (χ0v) is 23.3. The molecule has 0 saturated carbocycles. The molecule has 0 spiro atoms. The first-order valence-corrected chi connectivity index (χ1v) is 14.1. The molecule has 40 heavy (non-hydrogen) atoms. The lowest BCUT2D eigenvalue weighted by Crippen LogP contribution is -2.45. The van der Waals surface area contributed by atoms with E-state index in [4.69, 9.17) is 20.8 Å². The van der Waals surface area contributed by atoms with E-state index >= 15 is 0 Å². The van der Waals surface area contributed by atoms with Crippen molar-refractivity contribution in [3.8, 4) is 11.1 Å². The van der Waals surface area contributed by atoms with Crippen molar-refractivity contribution in [2.24, 2.45) is 5.92 Å². The third-order valence-corrected chi connectivity index (χ3v) is 7.62. The Bertz CT molecular complexity index is 1440. The number of hydrogen-bond donors (Lipinski definition) is 0. The highest BCUT2D eigenvalue weighted by atomic mass is 35.5. The van der Waals surface area contributed by atoms with Crippen LogP contribution in [0.3, 0.4) is 0 Å². The van der Waals surface area contributed by atoms with Gasteiger partial charge in [-0.25, -0.2) is 9.18 Å². The third-order valence-electron chi connectivity index (χ3n) is 7.31. The zero-order valence-electron chi connectivity index (χ0n) is 22.5. The van der Waals surface area contributed by atoms with E-state index in [1.54, 1.807) is 12.1 Å². The molecule has 2 aromatic carbocycles. The quantitative estimate of drug-likeness (QED) is 0.0886. The summed E-state index contributed by atoms with van der Waals surface area (Å²) in [4.78, 5) is 52.1. The van der Waals surface area contributed by atoms with Crippen LogP contribution in [0.1, 0.15) is 63.4 Å². The van der Waals surface area contributed by atoms with E-state index in [0.29, 0.717) is 54.4 Å². The SMILES string of the molecule is CCCCCCCOC(=O)[C@H]1CCCN(C(=O)[C@@H](C=O)c2ccc3c(-c4ccc(F)cc4Cl)cc(=O)oc3c2)C1. The van der Waals surface area contributed by atoms with E-state index < -0.39 is 29.2 Å². The highest BCUT2D eigenvalue weighted by molar-refractivity contribution is 6.33. The van der Waals surface area contributed by atoms with Crippen molar-refractivity contribution in [2.75, 3.05) is 19.7 Å². The lowest BCUT2D eigenvalue weighted by Gasteiger charge is -2.33. The van der Waals surface area contributed by atoms with Gasteiger partial charge in [-0.15, -0.1) is 0 Å². The van der Waals surface area contributed by atoms with Crippen LogP contribution < -0.4 is 5.63 Å². The highest BCUT2D eigenvalue weighted by Gasteiger charge is 2.33. The minimum Gasteiger partial charge on any atom is -0.465 e. The Balaban J connectivity index is 1.49. The lowest BCUT2D eigenvalue weighted by atomic mass is 9.93. The number of piperidine rings is 1. The fourth-order valence-corrected chi connectivity index (χ4v) is 5.41. The van der Waals surface area contributed by atoms with Crippen LogP contribution in [0.15, 0.2) is 51.7 Å². The number of halogens is 2. The number of carbonyl (C=O) groups is 3. The van der Waals surface area contributed by atoms with Crippen molar-refractivity contribution in [3.05, 3.63) is 69.3 Å². The summed E-state index contributed by atoms with van der Waals surface area (Å²) in [6.07, 6.45) is 7.07. The summed E-state index contributed by atoms with van der Waals surface area (Å²) in [6.45, 7) is 3.14. The Kier molecular flexibility index (Phi) is 10.1. The van der Waals surface area contributed by atoms with E-state index in [9.17, 15) is 23.6 Å². The monoisotopic (exact) mass is 569 g/mol. The maximum absolute atomic E-state index is 13.6. The summed E-state index contributed by atoms with van der Waals surface area (Å²) in [5.74, 6) is -2.81. The minimum atomic E-state index is -1.14. The molecule has 0 N–H and O–H groups in total. The van der Waals surface area contributed by atoms with E-state index in [0.717, 1.165) is 31.7 Å². The molecule has 3 aromatic rings. The molecule has 1 fully saturated rings. The number of aldehydes is 1. The first kappa shape index (κ1) is 29.5. The molecule has 1 aliphatic heterocycles. The number of amides is 1. The summed E-state index contributed by atoms with van der Waals surface area (Å²) in [5.41, 5.74) is 0.758. The topological polar surface area (TPSA) is 93.9 Å². The molecule has 9 heteroatoms. The van der Waals surface area contributed by atoms with Gasteiger partial charge >= 0.3 is 11.6 Å². The first-order valence-electron chi connectivity index (χ1n) is 13.8. The number of nitrogens with zero attached hydrogens (tertiary/aromatic N) is 1. The molecule has 212 valence electrons. The average Bonchev–Trinajstić information content (AvgIpc) is 2.94. The average molecular weight is 570 g/mol. The molecule has 4 rings (SSSR count). The molecule has 1 aliphatic rings. The van der Waals surface area contributed by atoms with Crippen LogP contribution in [-0.2, 0) is 19.1 Å². The molecular formula is C31H33ClFNO6. The van der Waals surface area contributed by atoms with Crippen LogP contribution in [0, 0.1) is 11.7 Å². The Morgan fingerprint density at radius 3 is 2.67 bits per heavy atom. The van der Waals surface area contributed by atoms with Gasteiger partial charge in [0.2, 0.25) is 5.91 Å². The van der Waals surface area contributed by atoms with Gasteiger partial charge in [0.05, 0.1) is 17.5 Å². The third kappa shape index (κ3) is 6.97. The zero-order chi connectivity index (χ0) is 28.6. The van der Waals surface area contributed by atoms with Crippen LogP contribution in [-0.4, -0.2) is 42.8 Å². The first-order chi connectivity index (χ1) is 19.3. The number of hydrogen-bond acceptors (Lipinski definition) is 6. The van der Waals surface area contributed by atoms with Gasteiger partial charge in [-0.3, -0.25) is 9.59 Å². The van der Waals surface area contributed by atoms with Gasteiger partial charge in [0, 0.05) is 35.7 Å². The number of esters is 1. The number of likely N-dealkylation sites (tertiary alicyclic amines) is 1. The maximum atomic E-state index is 13.6. The lowest BCUT2D eigenvalue weighted by molar-refractivity contribution is -0.152. The maximum Gasteiger partial charge on any atom is 0.336 e. The predicted molar refractivity (Wildman–Crippen MR) is 151 cm³/mol. The van der Waals surface area contributed by atoms with Crippen molar-refractivity contribution in [2.45, 2.75) is 57.8 Å². The molecule has 2 atom stereocenters. The van der Waals surface area contributed by atoms with Gasteiger partial charge in [0.15, 0.2) is 0 Å². The molecule has 0 bridgehead atoms. The number of ether oxygens (including phenoxy) is 1. The van der Waals surface area contributed by atoms with Crippen LogP contribution in [0.5, 0.6) is 0 Å². The van der Waals surface area contributed by atoms with E-state index in [-0.39, 0.29) is 23.1 Å². The molecule has 1 amide bonds. The molecular weight excluding hydrogens is 537 g/mol. The molecule has 7 nitrogen and oxygen atoms in total. The van der Waals surface area contributed by atoms with Gasteiger partial charge in [-0.2, -0.15) is 0 Å². The summed E-state index contributed by atoms with van der Waals surface area (Å²) in [7, 11) is 0. The minimum absolute atomic E-state index is 0.131. The fourth-order valence-electron chi connectivity index (χ4n) is 5.15. The fraction of sp³-hybridized carbons (Fsp3) is 0.419. The predicted octanol–water partition coefficient (Wildman–Crippen LogP) is 6.29. The molecule has 1 saturated heterocycles. The summed E-state index contributed by atoms with van der Waals surface area (Å²) in [5, 5.41) is 0.649. The van der Waals surface area contributed by atoms with Crippen molar-refractivity contribution in [3.63, 3.8) is 0 Å². The van der Waals surface area contributed by atoms with Crippen molar-refractivity contribution < 1.29 is 27.9 Å². The van der Waals surface area contributed by atoms with Gasteiger partial charge < -0.3 is 18.8 Å². The Morgan fingerprint density at radius 2 is 1.93 bits per heavy atom. The summed E-state index contributed by atoms with van der Waals surface area (Å²) < 4.78 is 24.4. The van der Waals surface area contributed by atoms with Crippen molar-refractivity contribution in [1.29, 1.82) is 0 Å². The smallest absolute Gasteiger partial charge is 0.336 e. The molecule has 0 aliphatic carbocycles. The number of benzene rings is 2. The molecule has 1 aromatic heterocycles. The second-order valence-electron chi connectivity index (χ2n) is 10.2. The second kappa shape index (κ2) is 13.7. The van der Waals surface area contributed by atoms with E-state index in [1.807, 2.05) is 0 Å². The summed E-state index contributed by atoms with van der Waals surface area (Å²) >= 11 is 6.23. The number of rotatable bonds is 11. The Morgan fingerprint density at radius 1 is 1.12 bits per heavy atom.